The standard InChI is InChI=1S/C23H16F3N3OS/c24-23(25,26)18-10-4-5-11-19(18)28-15-16(14-27)22(30)29-20-12-6-7-13-21(20)31-17-8-2-1-3-9-17/h1-13,15,28H,(H,29,30)/b16-15-. The molecule has 3 aromatic rings. The Morgan fingerprint density at radius 3 is 2.19 bits per heavy atom. The van der Waals surface area contributed by atoms with Crippen LogP contribution in [0.25, 0.3) is 0 Å². The molecule has 0 unspecified atom stereocenters. The molecule has 31 heavy (non-hydrogen) atoms. The molecule has 1 amide bonds. The Balaban J connectivity index is 1.78. The summed E-state index contributed by atoms with van der Waals surface area (Å²) < 4.78 is 39.4. The van der Waals surface area contributed by atoms with Crippen LogP contribution in [-0.4, -0.2) is 5.91 Å². The van der Waals surface area contributed by atoms with Crippen LogP contribution in [0.4, 0.5) is 24.5 Å². The zero-order chi connectivity index (χ0) is 22.3. The molecule has 0 aromatic heterocycles. The first-order chi connectivity index (χ1) is 14.9. The number of rotatable bonds is 6. The molecular weight excluding hydrogens is 423 g/mol. The van der Waals surface area contributed by atoms with E-state index in [1.165, 1.54) is 30.0 Å². The summed E-state index contributed by atoms with van der Waals surface area (Å²) in [5, 5.41) is 14.4. The number of amides is 1. The summed E-state index contributed by atoms with van der Waals surface area (Å²) in [6, 6.07) is 23.1. The summed E-state index contributed by atoms with van der Waals surface area (Å²) in [7, 11) is 0. The number of nitriles is 1. The van der Waals surface area contributed by atoms with Gasteiger partial charge in [-0.05, 0) is 36.4 Å². The van der Waals surface area contributed by atoms with E-state index in [4.69, 9.17) is 0 Å². The van der Waals surface area contributed by atoms with Crippen molar-refractivity contribution in [2.75, 3.05) is 10.6 Å². The molecule has 0 saturated heterocycles. The summed E-state index contributed by atoms with van der Waals surface area (Å²) >= 11 is 1.43. The molecule has 156 valence electrons. The van der Waals surface area contributed by atoms with Crippen LogP contribution < -0.4 is 10.6 Å². The van der Waals surface area contributed by atoms with Crippen molar-refractivity contribution in [3.05, 3.63) is 96.2 Å². The van der Waals surface area contributed by atoms with Crippen molar-refractivity contribution in [1.29, 1.82) is 5.26 Å². The molecule has 0 atom stereocenters. The normalized spacial score (nSPS) is 11.5. The summed E-state index contributed by atoms with van der Waals surface area (Å²) in [5.41, 5.74) is -1.03. The van der Waals surface area contributed by atoms with Gasteiger partial charge in [-0.15, -0.1) is 0 Å². The van der Waals surface area contributed by atoms with Crippen LogP contribution in [0.3, 0.4) is 0 Å². The minimum Gasteiger partial charge on any atom is -0.360 e. The van der Waals surface area contributed by atoms with E-state index in [9.17, 15) is 23.2 Å². The van der Waals surface area contributed by atoms with Crippen LogP contribution in [0.2, 0.25) is 0 Å². The smallest absolute Gasteiger partial charge is 0.360 e. The first kappa shape index (κ1) is 22.0. The van der Waals surface area contributed by atoms with Crippen molar-refractivity contribution in [3.8, 4) is 6.07 Å². The molecule has 4 nitrogen and oxygen atoms in total. The fraction of sp³-hybridized carbons (Fsp3) is 0.0435. The van der Waals surface area contributed by atoms with Gasteiger partial charge in [-0.2, -0.15) is 18.4 Å². The quantitative estimate of drug-likeness (QED) is 0.349. The number of halogens is 3. The monoisotopic (exact) mass is 439 g/mol. The number of carbonyl (C=O) groups excluding carboxylic acids is 1. The molecule has 0 radical (unpaired) electrons. The first-order valence-electron chi connectivity index (χ1n) is 9.05. The molecule has 0 aliphatic rings. The van der Waals surface area contributed by atoms with Crippen molar-refractivity contribution in [2.24, 2.45) is 0 Å². The summed E-state index contributed by atoms with van der Waals surface area (Å²) in [4.78, 5) is 14.3. The minimum absolute atomic E-state index is 0.254. The van der Waals surface area contributed by atoms with Gasteiger partial charge in [0.05, 0.1) is 16.9 Å². The van der Waals surface area contributed by atoms with Gasteiger partial charge < -0.3 is 10.6 Å². The SMILES string of the molecule is N#C/C(=C/Nc1ccccc1C(F)(F)F)C(=O)Nc1ccccc1Sc1ccccc1. The predicted octanol–water partition coefficient (Wildman–Crippen LogP) is 6.31. The van der Waals surface area contributed by atoms with Crippen molar-refractivity contribution < 1.29 is 18.0 Å². The number of carbonyl (C=O) groups is 1. The van der Waals surface area contributed by atoms with Crippen LogP contribution >= 0.6 is 11.8 Å². The van der Waals surface area contributed by atoms with E-state index in [1.54, 1.807) is 18.2 Å². The van der Waals surface area contributed by atoms with Crippen LogP contribution in [0.15, 0.2) is 100 Å². The lowest BCUT2D eigenvalue weighted by molar-refractivity contribution is -0.136. The largest absolute Gasteiger partial charge is 0.418 e. The van der Waals surface area contributed by atoms with Gasteiger partial charge in [-0.3, -0.25) is 4.79 Å². The molecule has 2 N–H and O–H groups in total. The number of benzene rings is 3. The van der Waals surface area contributed by atoms with E-state index in [0.717, 1.165) is 22.1 Å². The molecule has 3 rings (SSSR count). The molecule has 3 aromatic carbocycles. The Hall–Kier alpha value is -3.70. The number of alkyl halides is 3. The fourth-order valence-corrected chi connectivity index (χ4v) is 3.54. The summed E-state index contributed by atoms with van der Waals surface area (Å²) in [6.45, 7) is 0. The van der Waals surface area contributed by atoms with Crippen molar-refractivity contribution in [3.63, 3.8) is 0 Å². The highest BCUT2D eigenvalue weighted by atomic mass is 32.2. The highest BCUT2D eigenvalue weighted by molar-refractivity contribution is 7.99. The number of nitrogens with one attached hydrogen (secondary N) is 2. The van der Waals surface area contributed by atoms with E-state index in [2.05, 4.69) is 10.6 Å². The molecule has 0 heterocycles. The van der Waals surface area contributed by atoms with Gasteiger partial charge in [-0.1, -0.05) is 54.2 Å². The molecular formula is C23H16F3N3OS. The van der Waals surface area contributed by atoms with E-state index < -0.39 is 17.6 Å². The van der Waals surface area contributed by atoms with Crippen molar-refractivity contribution in [2.45, 2.75) is 16.0 Å². The fourth-order valence-electron chi connectivity index (χ4n) is 2.62. The predicted molar refractivity (Wildman–Crippen MR) is 114 cm³/mol. The Morgan fingerprint density at radius 1 is 0.903 bits per heavy atom. The number of hydrogen-bond donors (Lipinski definition) is 2. The van der Waals surface area contributed by atoms with Crippen molar-refractivity contribution >= 4 is 29.0 Å². The average Bonchev–Trinajstić information content (AvgIpc) is 2.76. The highest BCUT2D eigenvalue weighted by Crippen LogP contribution is 2.35. The Morgan fingerprint density at radius 2 is 1.52 bits per heavy atom. The van der Waals surface area contributed by atoms with Crippen LogP contribution in [0.5, 0.6) is 0 Å². The van der Waals surface area contributed by atoms with Crippen LogP contribution in [0.1, 0.15) is 5.56 Å². The van der Waals surface area contributed by atoms with Gasteiger partial charge in [0, 0.05) is 16.0 Å². The zero-order valence-electron chi connectivity index (χ0n) is 16.0. The van der Waals surface area contributed by atoms with Gasteiger partial charge >= 0.3 is 6.18 Å². The second-order valence-corrected chi connectivity index (χ2v) is 7.34. The summed E-state index contributed by atoms with van der Waals surface area (Å²) in [5.74, 6) is -0.736. The minimum atomic E-state index is -4.57. The second kappa shape index (κ2) is 9.87. The Labute approximate surface area is 181 Å². The van der Waals surface area contributed by atoms with E-state index >= 15 is 0 Å². The maximum atomic E-state index is 13.1. The van der Waals surface area contributed by atoms with Gasteiger partial charge in [0.1, 0.15) is 11.6 Å². The van der Waals surface area contributed by atoms with Gasteiger partial charge in [0.2, 0.25) is 0 Å². The summed E-state index contributed by atoms with van der Waals surface area (Å²) in [6.07, 6.45) is -3.60. The average molecular weight is 439 g/mol. The van der Waals surface area contributed by atoms with E-state index in [0.29, 0.717) is 5.69 Å². The topological polar surface area (TPSA) is 64.9 Å². The lowest BCUT2D eigenvalue weighted by Gasteiger charge is -2.13. The van der Waals surface area contributed by atoms with Crippen LogP contribution in [0, 0.1) is 11.3 Å². The Kier molecular flexibility index (Phi) is 7.00. The third-order valence-electron chi connectivity index (χ3n) is 4.08. The molecule has 0 bridgehead atoms. The molecule has 0 aliphatic carbocycles. The molecule has 0 saturated carbocycles. The Bertz CT molecular complexity index is 1140. The molecule has 0 aliphatic heterocycles. The van der Waals surface area contributed by atoms with Crippen molar-refractivity contribution in [1.82, 2.24) is 0 Å². The number of anilines is 2. The molecule has 0 spiro atoms. The lowest BCUT2D eigenvalue weighted by atomic mass is 10.1. The molecule has 0 fully saturated rings. The maximum absolute atomic E-state index is 13.1. The van der Waals surface area contributed by atoms with Crippen LogP contribution in [-0.2, 0) is 11.0 Å². The first-order valence-corrected chi connectivity index (χ1v) is 9.86. The third-order valence-corrected chi connectivity index (χ3v) is 5.16. The molecule has 8 heteroatoms. The number of nitrogens with zero attached hydrogens (tertiary/aromatic N) is 1. The third kappa shape index (κ3) is 5.90. The number of hydrogen-bond acceptors (Lipinski definition) is 4. The lowest BCUT2D eigenvalue weighted by Crippen LogP contribution is -2.15. The van der Waals surface area contributed by atoms with E-state index in [1.807, 2.05) is 42.5 Å². The maximum Gasteiger partial charge on any atom is 0.418 e. The van der Waals surface area contributed by atoms with Gasteiger partial charge in [-0.25, -0.2) is 0 Å². The van der Waals surface area contributed by atoms with Gasteiger partial charge in [0.25, 0.3) is 5.91 Å². The van der Waals surface area contributed by atoms with E-state index in [-0.39, 0.29) is 11.3 Å². The zero-order valence-corrected chi connectivity index (χ0v) is 16.8. The second-order valence-electron chi connectivity index (χ2n) is 6.22. The van der Waals surface area contributed by atoms with Gasteiger partial charge in [0.15, 0.2) is 0 Å². The highest BCUT2D eigenvalue weighted by Gasteiger charge is 2.33. The number of para-hydroxylation sites is 2.